The van der Waals surface area contributed by atoms with E-state index in [9.17, 15) is 18.0 Å². The summed E-state index contributed by atoms with van der Waals surface area (Å²) >= 11 is 0. The smallest absolute Gasteiger partial charge is 0.411 e. The van der Waals surface area contributed by atoms with Gasteiger partial charge in [-0.25, -0.2) is 23.0 Å². The van der Waals surface area contributed by atoms with Gasteiger partial charge in [0.2, 0.25) is 0 Å². The minimum atomic E-state index is -3.47. The maximum atomic E-state index is 13.1. The van der Waals surface area contributed by atoms with Gasteiger partial charge in [0.1, 0.15) is 12.4 Å². The Hall–Kier alpha value is -4.68. The van der Waals surface area contributed by atoms with Crippen molar-refractivity contribution in [2.45, 2.75) is 37.8 Å². The van der Waals surface area contributed by atoms with Crippen LogP contribution in [0.15, 0.2) is 77.7 Å². The highest BCUT2D eigenvalue weighted by Crippen LogP contribution is 2.26. The van der Waals surface area contributed by atoms with Crippen molar-refractivity contribution in [2.24, 2.45) is 0 Å². The number of rotatable bonds is 12. The molecule has 3 amide bonds. The number of amides is 3. The third-order valence-electron chi connectivity index (χ3n) is 6.80. The lowest BCUT2D eigenvalue weighted by Gasteiger charge is -2.18. The molecule has 0 saturated carbocycles. The lowest BCUT2D eigenvalue weighted by molar-refractivity contribution is 0.107. The summed E-state index contributed by atoms with van der Waals surface area (Å²) in [6, 6.07) is 21.0. The first-order valence-corrected chi connectivity index (χ1v) is 15.9. The zero-order valence-corrected chi connectivity index (χ0v) is 26.0. The second kappa shape index (κ2) is 14.7. The number of imidazole rings is 1. The third kappa shape index (κ3) is 8.91. The summed E-state index contributed by atoms with van der Waals surface area (Å²) in [6.45, 7) is 4.27. The predicted molar refractivity (Wildman–Crippen MR) is 168 cm³/mol. The molecule has 0 fully saturated rings. The van der Waals surface area contributed by atoms with E-state index < -0.39 is 28.0 Å². The van der Waals surface area contributed by atoms with Crippen molar-refractivity contribution in [1.29, 1.82) is 0 Å². The summed E-state index contributed by atoms with van der Waals surface area (Å²) in [5.74, 6) is 0.563. The maximum Gasteiger partial charge on any atom is 0.411 e. The molecule has 232 valence electrons. The van der Waals surface area contributed by atoms with E-state index in [2.05, 4.69) is 20.9 Å². The highest BCUT2D eigenvalue weighted by Gasteiger charge is 2.22. The molecule has 1 atom stereocenters. The number of ether oxygens (including phenoxy) is 2. The molecule has 0 radical (unpaired) electrons. The van der Waals surface area contributed by atoms with E-state index in [1.807, 2.05) is 56.3 Å². The molecule has 1 aromatic heterocycles. The zero-order chi connectivity index (χ0) is 31.7. The van der Waals surface area contributed by atoms with E-state index in [-0.39, 0.29) is 18.0 Å². The summed E-state index contributed by atoms with van der Waals surface area (Å²) < 4.78 is 34.5. The first kappa shape index (κ1) is 32.2. The molecule has 1 heterocycles. The van der Waals surface area contributed by atoms with Crippen LogP contribution in [-0.4, -0.2) is 57.1 Å². The number of aryl methyl sites for hydroxylation is 2. The van der Waals surface area contributed by atoms with Gasteiger partial charge in [-0.05, 0) is 49.6 Å². The molecule has 11 nitrogen and oxygen atoms in total. The highest BCUT2D eigenvalue weighted by atomic mass is 32.2. The van der Waals surface area contributed by atoms with Gasteiger partial charge in [0.25, 0.3) is 0 Å². The molecule has 4 rings (SSSR count). The fourth-order valence-corrected chi connectivity index (χ4v) is 5.59. The molecule has 44 heavy (non-hydrogen) atoms. The minimum absolute atomic E-state index is 0.0384. The number of aromatic nitrogens is 2. The number of nitrogens with one attached hydrogen (secondary N) is 4. The summed E-state index contributed by atoms with van der Waals surface area (Å²) in [6.07, 6.45) is 1.04. The SMILES string of the molecule is COCCOC(=O)Nc1ccc(-c2nc([C@H](Cc3ccccc3)NC(=O)NCc3cc(C)ccc3S(C)(=O)=O)[nH]c2C)cc1. The van der Waals surface area contributed by atoms with Crippen molar-refractivity contribution in [3.8, 4) is 11.3 Å². The summed E-state index contributed by atoms with van der Waals surface area (Å²) in [5, 5.41) is 8.48. The van der Waals surface area contributed by atoms with Gasteiger partial charge in [0, 0.05) is 36.9 Å². The number of benzene rings is 3. The van der Waals surface area contributed by atoms with E-state index in [1.54, 1.807) is 30.3 Å². The Kier molecular flexibility index (Phi) is 10.7. The quantitative estimate of drug-likeness (QED) is 0.162. The van der Waals surface area contributed by atoms with Crippen LogP contribution < -0.4 is 16.0 Å². The Labute approximate surface area is 257 Å². The number of nitrogens with zero attached hydrogens (tertiary/aromatic N) is 1. The average Bonchev–Trinajstić information content (AvgIpc) is 3.37. The maximum absolute atomic E-state index is 13.1. The van der Waals surface area contributed by atoms with Gasteiger partial charge in [0.15, 0.2) is 9.84 Å². The van der Waals surface area contributed by atoms with Crippen molar-refractivity contribution in [3.05, 3.63) is 101 Å². The van der Waals surface area contributed by atoms with E-state index >= 15 is 0 Å². The number of anilines is 1. The lowest BCUT2D eigenvalue weighted by atomic mass is 10.1. The van der Waals surface area contributed by atoms with Crippen LogP contribution in [0.3, 0.4) is 0 Å². The van der Waals surface area contributed by atoms with Gasteiger partial charge in [-0.1, -0.05) is 60.2 Å². The van der Waals surface area contributed by atoms with Crippen LogP contribution in [0.25, 0.3) is 11.3 Å². The molecule has 0 bridgehead atoms. The van der Waals surface area contributed by atoms with E-state index in [4.69, 9.17) is 14.5 Å². The van der Waals surface area contributed by atoms with Crippen LogP contribution in [0.4, 0.5) is 15.3 Å². The molecule has 0 aliphatic rings. The van der Waals surface area contributed by atoms with Crippen LogP contribution in [0.5, 0.6) is 0 Å². The van der Waals surface area contributed by atoms with Crippen molar-refractivity contribution in [2.75, 3.05) is 31.9 Å². The normalized spacial score (nSPS) is 11.9. The van der Waals surface area contributed by atoms with E-state index in [0.29, 0.717) is 35.8 Å². The van der Waals surface area contributed by atoms with Crippen molar-refractivity contribution < 1.29 is 27.5 Å². The topological polar surface area (TPSA) is 152 Å². The van der Waals surface area contributed by atoms with E-state index in [1.165, 1.54) is 7.11 Å². The number of urea groups is 1. The second-order valence-electron chi connectivity index (χ2n) is 10.4. The largest absolute Gasteiger partial charge is 0.447 e. The van der Waals surface area contributed by atoms with Gasteiger partial charge >= 0.3 is 12.1 Å². The third-order valence-corrected chi connectivity index (χ3v) is 8.00. The molecule has 12 heteroatoms. The van der Waals surface area contributed by atoms with Crippen LogP contribution in [-0.2, 0) is 32.3 Å². The second-order valence-corrected chi connectivity index (χ2v) is 12.4. The zero-order valence-electron chi connectivity index (χ0n) is 25.1. The Morgan fingerprint density at radius 2 is 1.70 bits per heavy atom. The molecule has 0 spiro atoms. The number of methoxy groups -OCH3 is 1. The number of carbonyl (C=O) groups is 2. The molecular weight excluding hydrogens is 582 g/mol. The van der Waals surface area contributed by atoms with Crippen LogP contribution in [0.2, 0.25) is 0 Å². The van der Waals surface area contributed by atoms with E-state index in [0.717, 1.165) is 28.6 Å². The van der Waals surface area contributed by atoms with Gasteiger partial charge < -0.3 is 25.1 Å². The Morgan fingerprint density at radius 3 is 2.39 bits per heavy atom. The average molecular weight is 620 g/mol. The molecule has 4 N–H and O–H groups in total. The molecule has 0 unspecified atom stereocenters. The van der Waals surface area contributed by atoms with Crippen LogP contribution >= 0.6 is 0 Å². The number of aromatic amines is 1. The monoisotopic (exact) mass is 619 g/mol. The number of carbonyl (C=O) groups excluding carboxylic acids is 2. The molecule has 0 aliphatic carbocycles. The lowest BCUT2D eigenvalue weighted by Crippen LogP contribution is -2.39. The van der Waals surface area contributed by atoms with Crippen molar-refractivity contribution in [1.82, 2.24) is 20.6 Å². The summed E-state index contributed by atoms with van der Waals surface area (Å²) in [7, 11) is -1.94. The first-order valence-electron chi connectivity index (χ1n) is 14.0. The predicted octanol–water partition coefficient (Wildman–Crippen LogP) is 5.08. The molecule has 0 saturated heterocycles. The van der Waals surface area contributed by atoms with Crippen molar-refractivity contribution >= 4 is 27.6 Å². The van der Waals surface area contributed by atoms with Gasteiger partial charge in [-0.2, -0.15) is 0 Å². The van der Waals surface area contributed by atoms with Crippen LogP contribution in [0, 0.1) is 13.8 Å². The molecule has 0 aliphatic heterocycles. The molecule has 4 aromatic rings. The Balaban J connectivity index is 1.51. The van der Waals surface area contributed by atoms with Gasteiger partial charge in [-0.3, -0.25) is 5.32 Å². The Morgan fingerprint density at radius 1 is 0.977 bits per heavy atom. The number of H-pyrrole nitrogens is 1. The summed E-state index contributed by atoms with van der Waals surface area (Å²) in [5.41, 5.74) is 5.29. The number of hydrogen-bond acceptors (Lipinski definition) is 7. The number of sulfone groups is 1. The van der Waals surface area contributed by atoms with Gasteiger partial charge in [-0.15, -0.1) is 0 Å². The number of hydrogen-bond donors (Lipinski definition) is 4. The minimum Gasteiger partial charge on any atom is -0.447 e. The first-order chi connectivity index (χ1) is 21.0. The molecule has 3 aromatic carbocycles. The summed E-state index contributed by atoms with van der Waals surface area (Å²) in [4.78, 5) is 33.4. The van der Waals surface area contributed by atoms with Gasteiger partial charge in [0.05, 0.1) is 23.2 Å². The Bertz CT molecular complexity index is 1690. The van der Waals surface area contributed by atoms with Crippen LogP contribution in [0.1, 0.15) is 34.3 Å². The standard InChI is InChI=1S/C32H37N5O6S/c1-21-10-15-28(44(4,40)41)25(18-21)20-33-31(38)36-27(19-23-8-6-5-7-9-23)30-34-22(2)29(37-30)24-11-13-26(14-12-24)35-32(39)43-17-16-42-3/h5-15,18,27H,16-17,19-20H2,1-4H3,(H,34,37)(H,35,39)(H2,33,36,38)/t27-/m0/s1. The molecular formula is C32H37N5O6S. The van der Waals surface area contributed by atoms with Crippen molar-refractivity contribution in [3.63, 3.8) is 0 Å². The fraction of sp³-hybridized carbons (Fsp3) is 0.281. The fourth-order valence-electron chi connectivity index (χ4n) is 4.67. The highest BCUT2D eigenvalue weighted by molar-refractivity contribution is 7.90.